The van der Waals surface area contributed by atoms with E-state index in [9.17, 15) is 8.78 Å². The predicted molar refractivity (Wildman–Crippen MR) is 122 cm³/mol. The van der Waals surface area contributed by atoms with Crippen LogP contribution < -0.4 is 20.3 Å². The molecule has 2 heterocycles. The maximum atomic E-state index is 12.8. The molecule has 1 aliphatic rings. The molecule has 32 heavy (non-hydrogen) atoms. The minimum atomic E-state index is -2.84. The average Bonchev–Trinajstić information content (AvgIpc) is 3.37. The molecule has 2 aromatic carbocycles. The van der Waals surface area contributed by atoms with Gasteiger partial charge in [0.1, 0.15) is 18.1 Å². The summed E-state index contributed by atoms with van der Waals surface area (Å²) < 4.78 is 32.3. The molecule has 1 aliphatic heterocycles. The van der Waals surface area contributed by atoms with Crippen molar-refractivity contribution in [3.05, 3.63) is 54.4 Å². The molecule has 0 bridgehead atoms. The number of anilines is 1. The third-order valence-electron chi connectivity index (χ3n) is 5.55. The smallest absolute Gasteiger partial charge is 0.387 e. The lowest BCUT2D eigenvalue weighted by Crippen LogP contribution is -2.44. The molecule has 0 spiro atoms. The number of aliphatic imine (C=N–C) groups is 1. The fourth-order valence-electron chi connectivity index (χ4n) is 4.01. The summed E-state index contributed by atoms with van der Waals surface area (Å²) in [4.78, 5) is 11.5. The second-order valence-corrected chi connectivity index (χ2v) is 7.69. The summed E-state index contributed by atoms with van der Waals surface area (Å²) in [5, 5.41) is 6.76. The monoisotopic (exact) mass is 442 g/mol. The van der Waals surface area contributed by atoms with Crippen molar-refractivity contribution in [1.82, 2.24) is 20.2 Å². The topological polar surface area (TPSA) is 66.7 Å². The predicted octanol–water partition coefficient (Wildman–Crippen LogP) is 3.51. The minimum absolute atomic E-state index is 0.132. The van der Waals surface area contributed by atoms with Crippen molar-refractivity contribution >= 4 is 22.7 Å². The SMILES string of the molecule is CCNC(=NCc1nc2ccccc2n1C)NC1CCN(c2ccccc2OC(F)F)C1. The Hall–Kier alpha value is -3.36. The molecule has 0 aliphatic carbocycles. The number of fused-ring (bicyclic) bond motifs is 1. The van der Waals surface area contributed by atoms with Crippen LogP contribution in [0.3, 0.4) is 0 Å². The molecule has 1 atom stereocenters. The number of hydrogen-bond acceptors (Lipinski definition) is 4. The Bertz CT molecular complexity index is 1080. The quantitative estimate of drug-likeness (QED) is 0.433. The normalized spacial score (nSPS) is 16.7. The van der Waals surface area contributed by atoms with Gasteiger partial charge in [0, 0.05) is 32.7 Å². The summed E-state index contributed by atoms with van der Waals surface area (Å²) in [6, 6.07) is 15.1. The molecule has 1 unspecified atom stereocenters. The van der Waals surface area contributed by atoms with Crippen molar-refractivity contribution in [3.8, 4) is 5.75 Å². The number of rotatable bonds is 7. The molecule has 3 aromatic rings. The number of imidazole rings is 1. The zero-order chi connectivity index (χ0) is 22.5. The van der Waals surface area contributed by atoms with Crippen molar-refractivity contribution in [2.45, 2.75) is 32.5 Å². The van der Waals surface area contributed by atoms with E-state index in [2.05, 4.69) is 25.1 Å². The Morgan fingerprint density at radius 2 is 2.00 bits per heavy atom. The van der Waals surface area contributed by atoms with Gasteiger partial charge in [-0.1, -0.05) is 24.3 Å². The van der Waals surface area contributed by atoms with Gasteiger partial charge in [-0.05, 0) is 37.6 Å². The van der Waals surface area contributed by atoms with Gasteiger partial charge >= 0.3 is 6.61 Å². The van der Waals surface area contributed by atoms with Crippen LogP contribution in [0.2, 0.25) is 0 Å². The minimum Gasteiger partial charge on any atom is -0.433 e. The highest BCUT2D eigenvalue weighted by Gasteiger charge is 2.26. The molecule has 1 aromatic heterocycles. The van der Waals surface area contributed by atoms with Gasteiger partial charge in [0.2, 0.25) is 0 Å². The highest BCUT2D eigenvalue weighted by atomic mass is 19.3. The maximum absolute atomic E-state index is 12.8. The lowest BCUT2D eigenvalue weighted by Gasteiger charge is -2.22. The van der Waals surface area contributed by atoms with Crippen molar-refractivity contribution in [2.24, 2.45) is 12.0 Å². The van der Waals surface area contributed by atoms with E-state index in [1.165, 1.54) is 0 Å². The molecule has 0 radical (unpaired) electrons. The summed E-state index contributed by atoms with van der Waals surface area (Å²) >= 11 is 0. The van der Waals surface area contributed by atoms with Crippen molar-refractivity contribution < 1.29 is 13.5 Å². The second-order valence-electron chi connectivity index (χ2n) is 7.69. The van der Waals surface area contributed by atoms with E-state index in [1.807, 2.05) is 50.4 Å². The number of alkyl halides is 2. The van der Waals surface area contributed by atoms with Crippen molar-refractivity contribution in [1.29, 1.82) is 0 Å². The second kappa shape index (κ2) is 9.84. The largest absolute Gasteiger partial charge is 0.433 e. The molecule has 9 heteroatoms. The van der Waals surface area contributed by atoms with E-state index >= 15 is 0 Å². The van der Waals surface area contributed by atoms with Gasteiger partial charge in [-0.15, -0.1) is 0 Å². The number of nitrogens with one attached hydrogen (secondary N) is 2. The van der Waals surface area contributed by atoms with Crippen molar-refractivity contribution in [3.63, 3.8) is 0 Å². The number of para-hydroxylation sites is 4. The molecule has 170 valence electrons. The third-order valence-corrected chi connectivity index (χ3v) is 5.55. The van der Waals surface area contributed by atoms with Gasteiger partial charge < -0.3 is 24.8 Å². The third kappa shape index (κ3) is 4.92. The molecule has 0 saturated carbocycles. The Morgan fingerprint density at radius 3 is 2.78 bits per heavy atom. The van der Waals surface area contributed by atoms with E-state index in [0.717, 1.165) is 36.4 Å². The lowest BCUT2D eigenvalue weighted by molar-refractivity contribution is -0.0495. The number of nitrogens with zero attached hydrogens (tertiary/aromatic N) is 4. The molecule has 1 saturated heterocycles. The Balaban J connectivity index is 1.43. The highest BCUT2D eigenvalue weighted by molar-refractivity contribution is 5.80. The lowest BCUT2D eigenvalue weighted by atomic mass is 10.2. The van der Waals surface area contributed by atoms with E-state index in [4.69, 9.17) is 9.73 Å². The molecule has 2 N–H and O–H groups in total. The number of aromatic nitrogens is 2. The first-order valence-electron chi connectivity index (χ1n) is 10.8. The Kier molecular flexibility index (Phi) is 6.72. The standard InChI is InChI=1S/C23H28F2N6O/c1-3-26-23(27-14-21-29-17-8-4-5-9-18(17)30(21)2)28-16-12-13-31(15-16)19-10-6-7-11-20(19)32-22(24)25/h4-11,16,22H,3,12-15H2,1-2H3,(H2,26,27,28). The van der Waals surface area contributed by atoms with Crippen LogP contribution in [-0.4, -0.2) is 47.8 Å². The van der Waals surface area contributed by atoms with Gasteiger partial charge in [-0.2, -0.15) is 8.78 Å². The fraction of sp³-hybridized carbons (Fsp3) is 0.391. The summed E-state index contributed by atoms with van der Waals surface area (Å²) in [5.41, 5.74) is 2.71. The Labute approximate surface area is 186 Å². The maximum Gasteiger partial charge on any atom is 0.387 e. The molecule has 4 rings (SSSR count). The van der Waals surface area contributed by atoms with E-state index in [-0.39, 0.29) is 11.8 Å². The van der Waals surface area contributed by atoms with E-state index < -0.39 is 6.61 Å². The molecular formula is C23H28F2N6O. The van der Waals surface area contributed by atoms with Crippen LogP contribution in [0, 0.1) is 0 Å². The number of ether oxygens (including phenoxy) is 1. The number of guanidine groups is 1. The van der Waals surface area contributed by atoms with Crippen LogP contribution >= 0.6 is 0 Å². The first-order valence-corrected chi connectivity index (χ1v) is 10.8. The first-order chi connectivity index (χ1) is 15.5. The van der Waals surface area contributed by atoms with Gasteiger partial charge in [-0.25, -0.2) is 9.98 Å². The van der Waals surface area contributed by atoms with E-state index in [0.29, 0.717) is 24.7 Å². The van der Waals surface area contributed by atoms with Gasteiger partial charge in [0.05, 0.1) is 16.7 Å². The highest BCUT2D eigenvalue weighted by Crippen LogP contribution is 2.31. The van der Waals surface area contributed by atoms with Crippen LogP contribution in [0.5, 0.6) is 5.75 Å². The van der Waals surface area contributed by atoms with Crippen LogP contribution in [0.1, 0.15) is 19.2 Å². The number of hydrogen-bond donors (Lipinski definition) is 2. The molecule has 0 amide bonds. The van der Waals surface area contributed by atoms with Gasteiger partial charge in [-0.3, -0.25) is 0 Å². The summed E-state index contributed by atoms with van der Waals surface area (Å²) in [6.07, 6.45) is 0.861. The average molecular weight is 443 g/mol. The zero-order valence-electron chi connectivity index (χ0n) is 18.3. The van der Waals surface area contributed by atoms with Gasteiger partial charge in [0.25, 0.3) is 0 Å². The first kappa shape index (κ1) is 21.9. The number of benzene rings is 2. The number of halogens is 2. The molecular weight excluding hydrogens is 414 g/mol. The van der Waals surface area contributed by atoms with Crippen LogP contribution in [0.15, 0.2) is 53.5 Å². The van der Waals surface area contributed by atoms with Gasteiger partial charge in [0.15, 0.2) is 5.96 Å². The number of aryl methyl sites for hydroxylation is 1. The summed E-state index contributed by atoms with van der Waals surface area (Å²) in [6.45, 7) is 1.76. The molecule has 7 nitrogen and oxygen atoms in total. The van der Waals surface area contributed by atoms with Crippen LogP contribution in [-0.2, 0) is 13.6 Å². The molecule has 1 fully saturated rings. The Morgan fingerprint density at radius 1 is 1.22 bits per heavy atom. The summed E-state index contributed by atoms with van der Waals surface area (Å²) in [7, 11) is 1.99. The van der Waals surface area contributed by atoms with Crippen molar-refractivity contribution in [2.75, 3.05) is 24.5 Å². The van der Waals surface area contributed by atoms with Crippen LogP contribution in [0.4, 0.5) is 14.5 Å². The van der Waals surface area contributed by atoms with Crippen LogP contribution in [0.25, 0.3) is 11.0 Å². The zero-order valence-corrected chi connectivity index (χ0v) is 18.3. The fourth-order valence-corrected chi connectivity index (χ4v) is 4.01. The van der Waals surface area contributed by atoms with E-state index in [1.54, 1.807) is 12.1 Å². The summed E-state index contributed by atoms with van der Waals surface area (Å²) in [5.74, 6) is 1.80.